The van der Waals surface area contributed by atoms with Gasteiger partial charge in [0.05, 0.1) is 11.3 Å². The molecule has 4 N–H and O–H groups in total. The molecule has 0 fully saturated rings. The maximum absolute atomic E-state index is 12.5. The van der Waals surface area contributed by atoms with Crippen molar-refractivity contribution in [2.45, 2.75) is 18.4 Å². The highest BCUT2D eigenvalue weighted by molar-refractivity contribution is 5.96. The molecule has 12 heteroatoms. The van der Waals surface area contributed by atoms with E-state index in [-0.39, 0.29) is 18.0 Å². The Morgan fingerprint density at radius 1 is 1.25 bits per heavy atom. The van der Waals surface area contributed by atoms with Gasteiger partial charge in [-0.2, -0.15) is 26.3 Å². The van der Waals surface area contributed by atoms with Gasteiger partial charge in [-0.1, -0.05) is 0 Å². The first-order valence-electron chi connectivity index (χ1n) is 6.03. The van der Waals surface area contributed by atoms with E-state index in [0.29, 0.717) is 0 Å². The van der Waals surface area contributed by atoms with Gasteiger partial charge in [0.1, 0.15) is 18.4 Å². The minimum absolute atomic E-state index is 0.0159. The van der Waals surface area contributed by atoms with Crippen LogP contribution in [0.3, 0.4) is 0 Å². The molecule has 134 valence electrons. The summed E-state index contributed by atoms with van der Waals surface area (Å²) in [6.07, 6.45) is -9.55. The van der Waals surface area contributed by atoms with Crippen molar-refractivity contribution in [3.05, 3.63) is 23.8 Å². The fourth-order valence-electron chi connectivity index (χ4n) is 1.41. The predicted octanol–water partition coefficient (Wildman–Crippen LogP) is 2.00. The Balaban J connectivity index is 0.000000351. The molecule has 0 aliphatic carbocycles. The van der Waals surface area contributed by atoms with E-state index in [1.165, 1.54) is 0 Å². The number of ether oxygens (including phenoxy) is 1. The number of fused-ring (bicyclic) bond motifs is 1. The number of carboxylic acid groups (broad SMARTS) is 1. The number of hydrogen-bond donors (Lipinski definition) is 3. The summed E-state index contributed by atoms with van der Waals surface area (Å²) in [5.74, 6) is -3.14. The lowest BCUT2D eigenvalue weighted by molar-refractivity contribution is -0.192. The Kier molecular flexibility index (Phi) is 5.66. The van der Waals surface area contributed by atoms with E-state index in [1.807, 2.05) is 0 Å². The number of nitrogens with one attached hydrogen (secondary N) is 1. The third-order valence-electron chi connectivity index (χ3n) is 2.56. The second-order valence-electron chi connectivity index (χ2n) is 4.42. The smallest absolute Gasteiger partial charge is 0.489 e. The second kappa shape index (κ2) is 6.95. The number of carbonyl (C=O) groups excluding carboxylic acids is 1. The molecule has 1 aromatic rings. The lowest BCUT2D eigenvalue weighted by atomic mass is 10.2. The molecule has 0 spiro atoms. The van der Waals surface area contributed by atoms with Crippen LogP contribution in [0.4, 0.5) is 32.0 Å². The average Bonchev–Trinajstić information content (AvgIpc) is 2.57. The Morgan fingerprint density at radius 2 is 1.79 bits per heavy atom. The standard InChI is InChI=1S/C10H9F3N2O2.C2HF3O2/c11-10(12,13)5-1-2-8-7(3-5)15-9(16)6(14)4-17-8;3-2(4,5)1(6)7/h1-3,6H,4,14H2,(H,15,16);(H,6,7)/t6-;/m0./s1. The zero-order valence-corrected chi connectivity index (χ0v) is 11.5. The van der Waals surface area contributed by atoms with Crippen LogP contribution in [0.15, 0.2) is 18.2 Å². The van der Waals surface area contributed by atoms with E-state index in [0.717, 1.165) is 18.2 Å². The number of aliphatic carboxylic acids is 1. The van der Waals surface area contributed by atoms with Crippen molar-refractivity contribution < 1.29 is 45.8 Å². The van der Waals surface area contributed by atoms with E-state index in [4.69, 9.17) is 20.4 Å². The summed E-state index contributed by atoms with van der Waals surface area (Å²) >= 11 is 0. The normalized spacial score (nSPS) is 17.5. The highest BCUT2D eigenvalue weighted by Gasteiger charge is 2.38. The number of benzene rings is 1. The molecule has 0 aromatic heterocycles. The monoisotopic (exact) mass is 360 g/mol. The van der Waals surface area contributed by atoms with Gasteiger partial charge in [-0.15, -0.1) is 0 Å². The second-order valence-corrected chi connectivity index (χ2v) is 4.42. The number of hydrogen-bond acceptors (Lipinski definition) is 4. The summed E-state index contributed by atoms with van der Waals surface area (Å²) in [6.45, 7) is -0.0653. The highest BCUT2D eigenvalue weighted by Crippen LogP contribution is 2.35. The van der Waals surface area contributed by atoms with E-state index in [1.54, 1.807) is 0 Å². The van der Waals surface area contributed by atoms with Crippen molar-refractivity contribution in [2.24, 2.45) is 5.73 Å². The van der Waals surface area contributed by atoms with Crippen molar-refractivity contribution in [1.82, 2.24) is 0 Å². The topological polar surface area (TPSA) is 102 Å². The van der Waals surface area contributed by atoms with Gasteiger partial charge in [0.15, 0.2) is 0 Å². The van der Waals surface area contributed by atoms with Crippen LogP contribution < -0.4 is 15.8 Å². The van der Waals surface area contributed by atoms with Crippen LogP contribution in [0.25, 0.3) is 0 Å². The first kappa shape index (κ1) is 19.5. The van der Waals surface area contributed by atoms with Gasteiger partial charge in [0, 0.05) is 0 Å². The lowest BCUT2D eigenvalue weighted by Gasteiger charge is -2.11. The molecule has 1 aliphatic rings. The number of amides is 1. The van der Waals surface area contributed by atoms with Gasteiger partial charge in [-0.05, 0) is 18.2 Å². The van der Waals surface area contributed by atoms with Crippen LogP contribution in [-0.4, -0.2) is 35.8 Å². The summed E-state index contributed by atoms with van der Waals surface area (Å²) in [5, 5.41) is 9.42. The van der Waals surface area contributed by atoms with Crippen molar-refractivity contribution in [3.63, 3.8) is 0 Å². The number of anilines is 1. The molecular weight excluding hydrogens is 350 g/mol. The molecule has 0 unspecified atom stereocenters. The zero-order chi connectivity index (χ0) is 18.7. The summed E-state index contributed by atoms with van der Waals surface area (Å²) in [4.78, 5) is 20.2. The van der Waals surface area contributed by atoms with Crippen LogP contribution in [0, 0.1) is 0 Å². The minimum Gasteiger partial charge on any atom is -0.489 e. The number of nitrogens with two attached hydrogens (primary N) is 1. The number of carboxylic acids is 1. The molecule has 0 saturated heterocycles. The van der Waals surface area contributed by atoms with Crippen LogP contribution in [0.1, 0.15) is 5.56 Å². The molecule has 2 rings (SSSR count). The van der Waals surface area contributed by atoms with Crippen LogP contribution in [0.5, 0.6) is 5.75 Å². The maximum Gasteiger partial charge on any atom is 0.490 e. The van der Waals surface area contributed by atoms with Crippen molar-refractivity contribution in [1.29, 1.82) is 0 Å². The molecule has 1 aliphatic heterocycles. The third kappa shape index (κ3) is 5.30. The Hall–Kier alpha value is -2.50. The molecule has 0 saturated carbocycles. The molecule has 1 heterocycles. The quantitative estimate of drug-likeness (QED) is 0.615. The van der Waals surface area contributed by atoms with Crippen LogP contribution >= 0.6 is 0 Å². The molecule has 24 heavy (non-hydrogen) atoms. The molecule has 1 atom stereocenters. The summed E-state index contributed by atoms with van der Waals surface area (Å²) < 4.78 is 74.2. The lowest BCUT2D eigenvalue weighted by Crippen LogP contribution is -2.38. The number of carbonyl (C=O) groups is 2. The molecular formula is C12H10F6N2O4. The van der Waals surface area contributed by atoms with Gasteiger partial charge in [-0.25, -0.2) is 4.79 Å². The van der Waals surface area contributed by atoms with E-state index in [9.17, 15) is 31.1 Å². The Bertz CT molecular complexity index is 629. The Labute approximate surface area is 130 Å². The van der Waals surface area contributed by atoms with Gasteiger partial charge in [0.25, 0.3) is 0 Å². The minimum atomic E-state index is -5.08. The van der Waals surface area contributed by atoms with Crippen molar-refractivity contribution in [3.8, 4) is 5.75 Å². The molecule has 0 radical (unpaired) electrons. The molecule has 0 bridgehead atoms. The fourth-order valence-corrected chi connectivity index (χ4v) is 1.41. The largest absolute Gasteiger partial charge is 0.490 e. The fraction of sp³-hybridized carbons (Fsp3) is 0.333. The van der Waals surface area contributed by atoms with E-state index < -0.39 is 35.8 Å². The van der Waals surface area contributed by atoms with E-state index in [2.05, 4.69) is 5.32 Å². The van der Waals surface area contributed by atoms with E-state index >= 15 is 0 Å². The van der Waals surface area contributed by atoms with Crippen LogP contribution in [0.2, 0.25) is 0 Å². The summed E-state index contributed by atoms with van der Waals surface area (Å²) in [7, 11) is 0. The SMILES string of the molecule is N[C@H]1COc2ccc(C(F)(F)F)cc2NC1=O.O=C(O)C(F)(F)F. The number of rotatable bonds is 0. The number of halogens is 6. The summed E-state index contributed by atoms with van der Waals surface area (Å²) in [5.41, 5.74) is 4.56. The zero-order valence-electron chi connectivity index (χ0n) is 11.5. The average molecular weight is 360 g/mol. The van der Waals surface area contributed by atoms with Crippen molar-refractivity contribution >= 4 is 17.6 Å². The first-order chi connectivity index (χ1) is 10.8. The molecule has 1 amide bonds. The van der Waals surface area contributed by atoms with Gasteiger partial charge < -0.3 is 20.9 Å². The van der Waals surface area contributed by atoms with Crippen LogP contribution in [-0.2, 0) is 15.8 Å². The van der Waals surface area contributed by atoms with Gasteiger partial charge in [-0.3, -0.25) is 4.79 Å². The van der Waals surface area contributed by atoms with Gasteiger partial charge >= 0.3 is 18.3 Å². The van der Waals surface area contributed by atoms with Gasteiger partial charge in [0.2, 0.25) is 5.91 Å². The summed E-state index contributed by atoms with van der Waals surface area (Å²) in [6, 6.07) is 1.99. The predicted molar refractivity (Wildman–Crippen MR) is 67.2 cm³/mol. The maximum atomic E-state index is 12.5. The third-order valence-corrected chi connectivity index (χ3v) is 2.56. The van der Waals surface area contributed by atoms with Crippen molar-refractivity contribution in [2.75, 3.05) is 11.9 Å². The number of alkyl halides is 6. The highest BCUT2D eigenvalue weighted by atomic mass is 19.4. The molecule has 6 nitrogen and oxygen atoms in total. The molecule has 1 aromatic carbocycles. The first-order valence-corrected chi connectivity index (χ1v) is 6.03. The Morgan fingerprint density at radius 3 is 2.25 bits per heavy atom.